The van der Waals surface area contributed by atoms with Gasteiger partial charge in [-0.2, -0.15) is 0 Å². The lowest BCUT2D eigenvalue weighted by molar-refractivity contribution is 0.521. The third-order valence-corrected chi connectivity index (χ3v) is 12.5. The minimum absolute atomic E-state index is 1.05. The average molecular weight is 750 g/mol. The molecule has 0 atom stereocenters. The minimum Gasteiger partial charge on any atom is -0.0654 e. The molecule has 1 rings (SSSR count). The number of aryl methyl sites for hydroxylation is 3. The van der Waals surface area contributed by atoms with Crippen LogP contribution in [0.1, 0.15) is 300 Å². The maximum absolute atomic E-state index is 4.11. The standard InChI is InChI=1S/C54H101/c1-4-7-10-12-14-16-18-20-22-24-26-28-30-32-34-36-38-40-42-44-47-53-49-52(46-9-6-3)50-54(51-53)48-45-43-41-39-37-35-33-31-29-27-25-23-21-19-17-15-13-11-8-5-2/h49-51H,3-48H2,1-2H3. The van der Waals surface area contributed by atoms with Crippen molar-refractivity contribution in [2.75, 3.05) is 0 Å². The first-order valence-corrected chi connectivity index (χ1v) is 25.7. The first-order valence-electron chi connectivity index (χ1n) is 25.7. The summed E-state index contributed by atoms with van der Waals surface area (Å²) in [5, 5.41) is 0. The van der Waals surface area contributed by atoms with Crippen molar-refractivity contribution in [2.45, 2.75) is 303 Å². The van der Waals surface area contributed by atoms with Gasteiger partial charge in [-0.3, -0.25) is 0 Å². The van der Waals surface area contributed by atoms with E-state index in [1.54, 1.807) is 16.7 Å². The molecule has 0 unspecified atom stereocenters. The van der Waals surface area contributed by atoms with Gasteiger partial charge in [-0.05, 0) is 55.2 Å². The molecule has 0 aromatic heterocycles. The Morgan fingerprint density at radius 2 is 0.407 bits per heavy atom. The summed E-state index contributed by atoms with van der Waals surface area (Å²) in [6, 6.07) is 7.64. The highest BCUT2D eigenvalue weighted by molar-refractivity contribution is 5.30. The number of benzene rings is 1. The van der Waals surface area contributed by atoms with Gasteiger partial charge >= 0.3 is 0 Å². The van der Waals surface area contributed by atoms with E-state index in [-0.39, 0.29) is 0 Å². The molecule has 0 spiro atoms. The fourth-order valence-electron chi connectivity index (χ4n) is 8.77. The predicted molar refractivity (Wildman–Crippen MR) is 248 cm³/mol. The molecule has 0 N–H and O–H groups in total. The van der Waals surface area contributed by atoms with Crippen molar-refractivity contribution in [2.24, 2.45) is 0 Å². The van der Waals surface area contributed by atoms with Crippen LogP contribution < -0.4 is 0 Å². The van der Waals surface area contributed by atoms with E-state index in [2.05, 4.69) is 39.0 Å². The Labute approximate surface area is 343 Å². The number of hydrogen-bond donors (Lipinski definition) is 0. The van der Waals surface area contributed by atoms with Gasteiger partial charge in [0, 0.05) is 0 Å². The average Bonchev–Trinajstić information content (AvgIpc) is 3.18. The third-order valence-electron chi connectivity index (χ3n) is 12.5. The van der Waals surface area contributed by atoms with Crippen molar-refractivity contribution in [3.8, 4) is 0 Å². The molecule has 0 nitrogen and oxygen atoms in total. The molecule has 0 heteroatoms. The van der Waals surface area contributed by atoms with E-state index in [1.807, 2.05) is 0 Å². The van der Waals surface area contributed by atoms with Crippen LogP contribution in [0.15, 0.2) is 18.2 Å². The van der Waals surface area contributed by atoms with E-state index in [9.17, 15) is 0 Å². The van der Waals surface area contributed by atoms with Crippen LogP contribution in [0.2, 0.25) is 0 Å². The fraction of sp³-hybridized carbons (Fsp3) is 0.870. The van der Waals surface area contributed by atoms with Crippen molar-refractivity contribution in [1.29, 1.82) is 0 Å². The topological polar surface area (TPSA) is 0 Å². The van der Waals surface area contributed by atoms with E-state index < -0.39 is 0 Å². The zero-order valence-electron chi connectivity index (χ0n) is 37.8. The molecule has 0 saturated heterocycles. The lowest BCUT2D eigenvalue weighted by Crippen LogP contribution is -1.96. The van der Waals surface area contributed by atoms with E-state index in [0.29, 0.717) is 0 Å². The molecule has 54 heavy (non-hydrogen) atoms. The van der Waals surface area contributed by atoms with Crippen LogP contribution in [0.4, 0.5) is 0 Å². The van der Waals surface area contributed by atoms with Gasteiger partial charge in [0.1, 0.15) is 0 Å². The summed E-state index contributed by atoms with van der Waals surface area (Å²) in [7, 11) is 0. The van der Waals surface area contributed by atoms with Gasteiger partial charge in [-0.1, -0.05) is 289 Å². The highest BCUT2D eigenvalue weighted by atomic mass is 14.1. The van der Waals surface area contributed by atoms with Crippen molar-refractivity contribution in [1.82, 2.24) is 0 Å². The molecule has 317 valence electrons. The second-order valence-electron chi connectivity index (χ2n) is 18.0. The monoisotopic (exact) mass is 750 g/mol. The Morgan fingerprint density at radius 3 is 0.593 bits per heavy atom. The summed E-state index contributed by atoms with van der Waals surface area (Å²) < 4.78 is 0. The summed E-state index contributed by atoms with van der Waals surface area (Å²) in [4.78, 5) is 0. The molecule has 0 bridgehead atoms. The lowest BCUT2D eigenvalue weighted by atomic mass is 9.95. The number of rotatable bonds is 45. The van der Waals surface area contributed by atoms with Gasteiger partial charge in [0.15, 0.2) is 0 Å². The maximum atomic E-state index is 4.11. The van der Waals surface area contributed by atoms with Gasteiger partial charge in [0.2, 0.25) is 0 Å². The summed E-state index contributed by atoms with van der Waals surface area (Å²) in [5.74, 6) is 0. The zero-order chi connectivity index (χ0) is 38.7. The summed E-state index contributed by atoms with van der Waals surface area (Å²) in [6.07, 6.45) is 64.3. The second-order valence-corrected chi connectivity index (χ2v) is 18.0. The third kappa shape index (κ3) is 36.8. The van der Waals surface area contributed by atoms with E-state index in [4.69, 9.17) is 0 Å². The predicted octanol–water partition coefficient (Wildman–Crippen LogP) is 19.6. The van der Waals surface area contributed by atoms with E-state index >= 15 is 0 Å². The lowest BCUT2D eigenvalue weighted by Gasteiger charge is -2.11. The Morgan fingerprint density at radius 1 is 0.241 bits per heavy atom. The highest BCUT2D eigenvalue weighted by Gasteiger charge is 2.04. The minimum atomic E-state index is 1.05. The largest absolute Gasteiger partial charge is 0.0654 e. The number of unbranched alkanes of at least 4 members (excludes halogenated alkanes) is 39. The number of hydrogen-bond acceptors (Lipinski definition) is 0. The van der Waals surface area contributed by atoms with E-state index in [0.717, 1.165) is 6.42 Å². The summed E-state index contributed by atoms with van der Waals surface area (Å²) in [6.45, 7) is 8.73. The molecular formula is C54H101. The molecule has 0 saturated carbocycles. The van der Waals surface area contributed by atoms with Crippen LogP contribution in [-0.4, -0.2) is 0 Å². The molecule has 0 aliphatic carbocycles. The molecule has 0 amide bonds. The van der Waals surface area contributed by atoms with Crippen molar-refractivity contribution >= 4 is 0 Å². The molecule has 1 aromatic carbocycles. The van der Waals surface area contributed by atoms with Gasteiger partial charge in [-0.15, -0.1) is 0 Å². The summed E-state index contributed by atoms with van der Waals surface area (Å²) >= 11 is 0. The van der Waals surface area contributed by atoms with Crippen LogP contribution >= 0.6 is 0 Å². The van der Waals surface area contributed by atoms with Crippen LogP contribution in [0.5, 0.6) is 0 Å². The van der Waals surface area contributed by atoms with Crippen LogP contribution in [0.25, 0.3) is 0 Å². The van der Waals surface area contributed by atoms with Crippen LogP contribution in [0, 0.1) is 6.92 Å². The molecule has 1 aromatic rings. The van der Waals surface area contributed by atoms with Crippen LogP contribution in [0.3, 0.4) is 0 Å². The highest BCUT2D eigenvalue weighted by Crippen LogP contribution is 2.20. The first kappa shape index (κ1) is 51.2. The molecular weight excluding hydrogens is 649 g/mol. The zero-order valence-corrected chi connectivity index (χ0v) is 37.8. The maximum Gasteiger partial charge on any atom is -0.0279 e. The van der Waals surface area contributed by atoms with Gasteiger partial charge in [0.25, 0.3) is 0 Å². The van der Waals surface area contributed by atoms with Gasteiger partial charge in [0.05, 0.1) is 0 Å². The molecule has 0 heterocycles. The molecule has 0 fully saturated rings. The second kappa shape index (κ2) is 43.3. The van der Waals surface area contributed by atoms with E-state index in [1.165, 1.54) is 283 Å². The Hall–Kier alpha value is -0.780. The SMILES string of the molecule is [CH2]CCCc1cc(CCCCCCCCCCCCCCCCCCCCCC)cc(CCCCCCCCCCCCCCCCCCCCCC)c1. The van der Waals surface area contributed by atoms with Crippen molar-refractivity contribution in [3.63, 3.8) is 0 Å². The van der Waals surface area contributed by atoms with Gasteiger partial charge in [-0.25, -0.2) is 0 Å². The van der Waals surface area contributed by atoms with Crippen LogP contribution in [-0.2, 0) is 19.3 Å². The molecule has 0 aliphatic heterocycles. The Balaban J connectivity index is 1.99. The Kier molecular flexibility index (Phi) is 41.1. The molecule has 1 radical (unpaired) electrons. The fourth-order valence-corrected chi connectivity index (χ4v) is 8.77. The van der Waals surface area contributed by atoms with Gasteiger partial charge < -0.3 is 0 Å². The van der Waals surface area contributed by atoms with Crippen molar-refractivity contribution < 1.29 is 0 Å². The first-order chi connectivity index (χ1) is 26.8. The normalized spacial score (nSPS) is 11.6. The smallest absolute Gasteiger partial charge is 0.0279 e. The van der Waals surface area contributed by atoms with Crippen molar-refractivity contribution in [3.05, 3.63) is 41.8 Å². The molecule has 0 aliphatic rings. The Bertz CT molecular complexity index is 774. The quantitative estimate of drug-likeness (QED) is 0.0583. The summed E-state index contributed by atoms with van der Waals surface area (Å²) in [5.41, 5.74) is 4.80.